The van der Waals surface area contributed by atoms with Crippen LogP contribution in [0.25, 0.3) is 11.1 Å². The summed E-state index contributed by atoms with van der Waals surface area (Å²) in [5.74, 6) is -0.290. The molecular weight excluding hydrogens is 565 g/mol. The molecular formula is C38H48FN3O3. The zero-order valence-electron chi connectivity index (χ0n) is 27.2. The van der Waals surface area contributed by atoms with Crippen molar-refractivity contribution in [2.75, 3.05) is 37.7 Å². The Labute approximate surface area is 267 Å². The van der Waals surface area contributed by atoms with Crippen molar-refractivity contribution >= 4 is 11.7 Å². The Bertz CT molecular complexity index is 1480. The first kappa shape index (κ1) is 31.5. The molecule has 2 aromatic carbocycles. The summed E-state index contributed by atoms with van der Waals surface area (Å²) in [4.78, 5) is 22.3. The van der Waals surface area contributed by atoms with E-state index in [1.54, 1.807) is 12.1 Å². The number of nitrogens with zero attached hydrogens (tertiary/aromatic N) is 3. The van der Waals surface area contributed by atoms with Gasteiger partial charge in [0.2, 0.25) is 0 Å². The number of hydrogen-bond donors (Lipinski definition) is 1. The first-order valence-electron chi connectivity index (χ1n) is 16.8. The topological polar surface area (TPSA) is 65.9 Å². The highest BCUT2D eigenvalue weighted by Gasteiger charge is 2.40. The van der Waals surface area contributed by atoms with Crippen LogP contribution < -0.4 is 9.64 Å². The van der Waals surface area contributed by atoms with E-state index in [0.717, 1.165) is 90.6 Å². The first-order chi connectivity index (χ1) is 21.6. The second-order valence-electron chi connectivity index (χ2n) is 14.4. The molecule has 3 aliphatic rings. The van der Waals surface area contributed by atoms with Gasteiger partial charge in [0.1, 0.15) is 11.6 Å². The smallest absolute Gasteiger partial charge is 0.307 e. The van der Waals surface area contributed by atoms with E-state index in [9.17, 15) is 14.3 Å². The van der Waals surface area contributed by atoms with Gasteiger partial charge in [-0.3, -0.25) is 14.7 Å². The monoisotopic (exact) mass is 613 g/mol. The molecule has 0 atom stereocenters. The first-order valence-corrected chi connectivity index (χ1v) is 16.8. The average Bonchev–Trinajstić information content (AvgIpc) is 2.99. The number of pyridine rings is 1. The van der Waals surface area contributed by atoms with Crippen molar-refractivity contribution in [2.45, 2.75) is 85.1 Å². The number of ether oxygens (including phenoxy) is 1. The van der Waals surface area contributed by atoms with E-state index < -0.39 is 5.97 Å². The van der Waals surface area contributed by atoms with Crippen LogP contribution in [0.3, 0.4) is 0 Å². The molecule has 0 radical (unpaired) electrons. The van der Waals surface area contributed by atoms with E-state index in [1.165, 1.54) is 44.2 Å². The Morgan fingerprint density at radius 1 is 0.933 bits per heavy atom. The van der Waals surface area contributed by atoms with Gasteiger partial charge in [-0.05, 0) is 105 Å². The van der Waals surface area contributed by atoms with Crippen molar-refractivity contribution < 1.29 is 19.0 Å². The van der Waals surface area contributed by atoms with Crippen LogP contribution in [0, 0.1) is 23.6 Å². The number of anilines is 1. The number of piperidine rings is 2. The molecule has 6 rings (SSSR count). The summed E-state index contributed by atoms with van der Waals surface area (Å²) in [5, 5.41) is 9.99. The van der Waals surface area contributed by atoms with Gasteiger partial charge >= 0.3 is 5.97 Å². The Morgan fingerprint density at radius 2 is 1.60 bits per heavy atom. The van der Waals surface area contributed by atoms with Crippen molar-refractivity contribution in [3.8, 4) is 16.9 Å². The van der Waals surface area contributed by atoms with Crippen LogP contribution in [-0.4, -0.2) is 53.7 Å². The summed E-state index contributed by atoms with van der Waals surface area (Å²) >= 11 is 0. The molecule has 240 valence electrons. The standard InChI is InChI=1S/C38H48FN3O3/c1-27-32(25-34(43)44)36(42-22-16-37(2,3)17-23-42)35(33(40-27)26-41-20-18-38(19-21-41)14-4-15-38)29-7-11-31(12-8-29)45-24-13-28-5-9-30(39)10-6-28/h5-12H,4,13-26H2,1-3H3,(H,43,44). The third-order valence-corrected chi connectivity index (χ3v) is 10.7. The molecule has 0 amide bonds. The lowest BCUT2D eigenvalue weighted by Gasteiger charge is -2.48. The van der Waals surface area contributed by atoms with Gasteiger partial charge in [-0.15, -0.1) is 0 Å². The van der Waals surface area contributed by atoms with E-state index in [-0.39, 0.29) is 17.7 Å². The quantitative estimate of drug-likeness (QED) is 0.251. The molecule has 1 N–H and O–H groups in total. The van der Waals surface area contributed by atoms with E-state index in [1.807, 2.05) is 19.1 Å². The highest BCUT2D eigenvalue weighted by atomic mass is 19.1. The lowest BCUT2D eigenvalue weighted by Crippen LogP contribution is -2.43. The predicted octanol–water partition coefficient (Wildman–Crippen LogP) is 7.84. The van der Waals surface area contributed by atoms with Gasteiger partial charge in [0.15, 0.2) is 0 Å². The molecule has 3 heterocycles. The van der Waals surface area contributed by atoms with Gasteiger partial charge in [-0.1, -0.05) is 44.5 Å². The van der Waals surface area contributed by atoms with Crippen LogP contribution in [-0.2, 0) is 24.2 Å². The van der Waals surface area contributed by atoms with E-state index >= 15 is 0 Å². The fourth-order valence-corrected chi connectivity index (χ4v) is 7.48. The number of aryl methyl sites for hydroxylation is 1. The number of aliphatic carboxylic acids is 1. The number of halogens is 1. The predicted molar refractivity (Wildman–Crippen MR) is 177 cm³/mol. The molecule has 2 aliphatic heterocycles. The maximum Gasteiger partial charge on any atom is 0.307 e. The van der Waals surface area contributed by atoms with Gasteiger partial charge in [0, 0.05) is 42.9 Å². The van der Waals surface area contributed by atoms with Gasteiger partial charge in [0.05, 0.1) is 24.4 Å². The molecule has 6 nitrogen and oxygen atoms in total. The van der Waals surface area contributed by atoms with Crippen LogP contribution in [0.2, 0.25) is 0 Å². The molecule has 45 heavy (non-hydrogen) atoms. The van der Waals surface area contributed by atoms with E-state index in [4.69, 9.17) is 9.72 Å². The summed E-state index contributed by atoms with van der Waals surface area (Å²) in [7, 11) is 0. The molecule has 2 saturated heterocycles. The summed E-state index contributed by atoms with van der Waals surface area (Å²) in [6, 6.07) is 14.8. The summed E-state index contributed by atoms with van der Waals surface area (Å²) in [6.07, 6.45) is 9.42. The van der Waals surface area contributed by atoms with Crippen LogP contribution in [0.4, 0.5) is 10.1 Å². The number of likely N-dealkylation sites (tertiary alicyclic amines) is 1. The van der Waals surface area contributed by atoms with Gasteiger partial charge in [0.25, 0.3) is 0 Å². The normalized spacial score (nSPS) is 19.3. The Kier molecular flexibility index (Phi) is 9.19. The van der Waals surface area contributed by atoms with E-state index in [0.29, 0.717) is 18.4 Å². The minimum atomic E-state index is -0.830. The largest absolute Gasteiger partial charge is 0.493 e. The summed E-state index contributed by atoms with van der Waals surface area (Å²) in [5.41, 5.74) is 7.73. The second-order valence-corrected chi connectivity index (χ2v) is 14.4. The lowest BCUT2D eigenvalue weighted by molar-refractivity contribution is -0.136. The Balaban J connectivity index is 1.32. The highest BCUT2D eigenvalue weighted by Crippen LogP contribution is 2.49. The van der Waals surface area contributed by atoms with Crippen molar-refractivity contribution in [3.63, 3.8) is 0 Å². The van der Waals surface area contributed by atoms with Crippen LogP contribution in [0.5, 0.6) is 5.75 Å². The zero-order chi connectivity index (χ0) is 31.6. The Morgan fingerprint density at radius 3 is 2.20 bits per heavy atom. The van der Waals surface area contributed by atoms with Gasteiger partial charge in [-0.2, -0.15) is 0 Å². The third kappa shape index (κ3) is 7.35. The molecule has 0 bridgehead atoms. The number of hydrogen-bond acceptors (Lipinski definition) is 5. The van der Waals surface area contributed by atoms with Crippen molar-refractivity contribution in [1.29, 1.82) is 0 Å². The number of carboxylic acid groups (broad SMARTS) is 1. The van der Waals surface area contributed by atoms with Crippen LogP contribution >= 0.6 is 0 Å². The summed E-state index contributed by atoms with van der Waals surface area (Å²) in [6.45, 7) is 11.9. The number of rotatable bonds is 10. The fourth-order valence-electron chi connectivity index (χ4n) is 7.48. The molecule has 1 aliphatic carbocycles. The average molecular weight is 614 g/mol. The summed E-state index contributed by atoms with van der Waals surface area (Å²) < 4.78 is 19.4. The zero-order valence-corrected chi connectivity index (χ0v) is 27.2. The third-order valence-electron chi connectivity index (χ3n) is 10.7. The number of carbonyl (C=O) groups is 1. The number of aromatic nitrogens is 1. The van der Waals surface area contributed by atoms with Gasteiger partial charge < -0.3 is 14.7 Å². The molecule has 3 fully saturated rings. The van der Waals surface area contributed by atoms with Crippen molar-refractivity contribution in [1.82, 2.24) is 9.88 Å². The maximum atomic E-state index is 13.3. The molecule has 1 saturated carbocycles. The van der Waals surface area contributed by atoms with E-state index in [2.05, 4.69) is 35.8 Å². The molecule has 3 aromatic rings. The lowest BCUT2D eigenvalue weighted by atomic mass is 9.63. The van der Waals surface area contributed by atoms with Crippen molar-refractivity contribution in [3.05, 3.63) is 76.9 Å². The Hall–Kier alpha value is -3.45. The molecule has 1 spiro atoms. The number of benzene rings is 2. The maximum absolute atomic E-state index is 13.3. The fraction of sp³-hybridized carbons (Fsp3) is 0.526. The van der Waals surface area contributed by atoms with Gasteiger partial charge in [-0.25, -0.2) is 4.39 Å². The molecule has 7 heteroatoms. The number of carboxylic acids is 1. The minimum absolute atomic E-state index is 0.0435. The van der Waals surface area contributed by atoms with Crippen LogP contribution in [0.15, 0.2) is 48.5 Å². The van der Waals surface area contributed by atoms with Crippen molar-refractivity contribution in [2.24, 2.45) is 10.8 Å². The molecule has 1 aromatic heterocycles. The highest BCUT2D eigenvalue weighted by molar-refractivity contribution is 5.86. The second kappa shape index (κ2) is 13.1. The van der Waals surface area contributed by atoms with Crippen LogP contribution in [0.1, 0.15) is 81.3 Å². The molecule has 0 unspecified atom stereocenters. The SMILES string of the molecule is Cc1nc(CN2CCC3(CCC3)CC2)c(-c2ccc(OCCc3ccc(F)cc3)cc2)c(N2CCC(C)(C)CC2)c1CC(=O)O. The minimum Gasteiger partial charge on any atom is -0.493 e.